The van der Waals surface area contributed by atoms with Gasteiger partial charge in [-0.1, -0.05) is 6.07 Å². The number of pyridine rings is 1. The summed E-state index contributed by atoms with van der Waals surface area (Å²) in [5, 5.41) is 15.6. The van der Waals surface area contributed by atoms with Gasteiger partial charge in [0.1, 0.15) is 41.5 Å². The predicted molar refractivity (Wildman–Crippen MR) is 110 cm³/mol. The maximum absolute atomic E-state index is 14.6. The first-order valence-corrected chi connectivity index (χ1v) is 10.4. The van der Waals surface area contributed by atoms with Crippen molar-refractivity contribution < 1.29 is 23.0 Å². The van der Waals surface area contributed by atoms with Gasteiger partial charge in [0.15, 0.2) is 0 Å². The van der Waals surface area contributed by atoms with E-state index in [9.17, 15) is 18.3 Å². The SMILES string of the molecule is C[C@@H](OC1CCN(c2ccc(F)cn2)CC1)[C@](O)(Cn1cncn1)c1ccc(F)cc1F. The Morgan fingerprint density at radius 2 is 1.91 bits per heavy atom. The number of anilines is 1. The van der Waals surface area contributed by atoms with Gasteiger partial charge in [0.25, 0.3) is 0 Å². The summed E-state index contributed by atoms with van der Waals surface area (Å²) in [4.78, 5) is 10.0. The summed E-state index contributed by atoms with van der Waals surface area (Å²) in [5.41, 5.74) is -1.88. The van der Waals surface area contributed by atoms with Crippen LogP contribution in [0.3, 0.4) is 0 Å². The quantitative estimate of drug-likeness (QED) is 0.600. The normalized spacial score (nSPS) is 17.8. The Labute approximate surface area is 183 Å². The third kappa shape index (κ3) is 4.76. The molecule has 0 unspecified atom stereocenters. The number of hydrogen-bond acceptors (Lipinski definition) is 6. The van der Waals surface area contributed by atoms with Gasteiger partial charge in [0, 0.05) is 24.7 Å². The van der Waals surface area contributed by atoms with Crippen LogP contribution < -0.4 is 4.90 Å². The highest BCUT2D eigenvalue weighted by molar-refractivity contribution is 5.38. The summed E-state index contributed by atoms with van der Waals surface area (Å²) < 4.78 is 48.8. The summed E-state index contributed by atoms with van der Waals surface area (Å²) in [7, 11) is 0. The molecule has 0 spiro atoms. The number of nitrogens with zero attached hydrogens (tertiary/aromatic N) is 5. The zero-order valence-corrected chi connectivity index (χ0v) is 17.5. The number of hydrogen-bond donors (Lipinski definition) is 1. The Morgan fingerprint density at radius 3 is 2.53 bits per heavy atom. The van der Waals surface area contributed by atoms with E-state index in [1.54, 1.807) is 13.0 Å². The standard InChI is InChI=1S/C22H24F3N5O2/c1-15(32-18-6-8-29(9-7-18)21-5-3-17(24)11-27-21)22(31,12-30-14-26-13-28-30)19-4-2-16(23)10-20(19)25/h2-5,10-11,13-15,18,31H,6-9,12H2,1H3/t15-,22-/m1/s1. The number of ether oxygens (including phenoxy) is 1. The smallest absolute Gasteiger partial charge is 0.141 e. The molecule has 10 heteroatoms. The van der Waals surface area contributed by atoms with Crippen LogP contribution in [0.5, 0.6) is 0 Å². The second-order valence-corrected chi connectivity index (χ2v) is 7.94. The van der Waals surface area contributed by atoms with E-state index in [4.69, 9.17) is 4.74 Å². The molecule has 2 aromatic heterocycles. The van der Waals surface area contributed by atoms with Crippen molar-refractivity contribution in [2.75, 3.05) is 18.0 Å². The summed E-state index contributed by atoms with van der Waals surface area (Å²) in [6.45, 7) is 2.83. The van der Waals surface area contributed by atoms with E-state index in [1.165, 1.54) is 35.7 Å². The molecule has 1 saturated heterocycles. The van der Waals surface area contributed by atoms with E-state index in [0.29, 0.717) is 31.7 Å². The van der Waals surface area contributed by atoms with Crippen molar-refractivity contribution in [2.24, 2.45) is 0 Å². The fraction of sp³-hybridized carbons (Fsp3) is 0.409. The molecule has 0 amide bonds. The van der Waals surface area contributed by atoms with E-state index in [0.717, 1.165) is 12.1 Å². The molecule has 1 fully saturated rings. The monoisotopic (exact) mass is 447 g/mol. The summed E-state index contributed by atoms with van der Waals surface area (Å²) in [6.07, 6.45) is 4.18. The maximum Gasteiger partial charge on any atom is 0.141 e. The Kier molecular flexibility index (Phi) is 6.43. The summed E-state index contributed by atoms with van der Waals surface area (Å²) >= 11 is 0. The van der Waals surface area contributed by atoms with Crippen LogP contribution in [0.25, 0.3) is 0 Å². The highest BCUT2D eigenvalue weighted by Crippen LogP contribution is 2.33. The van der Waals surface area contributed by atoms with Crippen LogP contribution in [0.4, 0.5) is 19.0 Å². The molecule has 0 radical (unpaired) electrons. The minimum Gasteiger partial charge on any atom is -0.380 e. The summed E-state index contributed by atoms with van der Waals surface area (Å²) in [5.74, 6) is -1.29. The first-order chi connectivity index (χ1) is 15.3. The predicted octanol–water partition coefficient (Wildman–Crippen LogP) is 3.05. The molecular weight excluding hydrogens is 423 g/mol. The van der Waals surface area contributed by atoms with Crippen molar-refractivity contribution in [3.8, 4) is 0 Å². The van der Waals surface area contributed by atoms with Crippen molar-refractivity contribution in [2.45, 2.75) is 44.1 Å². The van der Waals surface area contributed by atoms with Crippen LogP contribution in [0, 0.1) is 17.5 Å². The molecule has 1 aliphatic heterocycles. The molecule has 0 aliphatic carbocycles. The van der Waals surface area contributed by atoms with Gasteiger partial charge in [-0.3, -0.25) is 0 Å². The van der Waals surface area contributed by atoms with E-state index in [2.05, 4.69) is 15.1 Å². The van der Waals surface area contributed by atoms with Crippen LogP contribution >= 0.6 is 0 Å². The van der Waals surface area contributed by atoms with Crippen LogP contribution in [-0.4, -0.2) is 50.2 Å². The maximum atomic E-state index is 14.6. The number of benzene rings is 1. The third-order valence-electron chi connectivity index (χ3n) is 5.81. The molecular formula is C22H24F3N5O2. The molecule has 1 aliphatic rings. The number of aromatic nitrogens is 4. The van der Waals surface area contributed by atoms with Crippen molar-refractivity contribution in [1.29, 1.82) is 0 Å². The second-order valence-electron chi connectivity index (χ2n) is 7.94. The highest BCUT2D eigenvalue weighted by Gasteiger charge is 2.41. The van der Waals surface area contributed by atoms with Crippen molar-refractivity contribution in [3.63, 3.8) is 0 Å². The van der Waals surface area contributed by atoms with Crippen LogP contribution in [0.2, 0.25) is 0 Å². The lowest BCUT2D eigenvalue weighted by Crippen LogP contribution is -2.47. The van der Waals surface area contributed by atoms with Crippen molar-refractivity contribution >= 4 is 5.82 Å². The first-order valence-electron chi connectivity index (χ1n) is 10.4. The van der Waals surface area contributed by atoms with Crippen molar-refractivity contribution in [3.05, 3.63) is 72.2 Å². The Balaban J connectivity index is 1.48. The highest BCUT2D eigenvalue weighted by atomic mass is 19.1. The molecule has 32 heavy (non-hydrogen) atoms. The minimum absolute atomic E-state index is 0.0742. The third-order valence-corrected chi connectivity index (χ3v) is 5.81. The van der Waals surface area contributed by atoms with Crippen molar-refractivity contribution in [1.82, 2.24) is 19.7 Å². The van der Waals surface area contributed by atoms with Gasteiger partial charge in [-0.25, -0.2) is 27.8 Å². The van der Waals surface area contributed by atoms with Gasteiger partial charge >= 0.3 is 0 Å². The van der Waals surface area contributed by atoms with Gasteiger partial charge < -0.3 is 14.7 Å². The molecule has 0 saturated carbocycles. The molecule has 7 nitrogen and oxygen atoms in total. The van der Waals surface area contributed by atoms with Gasteiger partial charge in [-0.05, 0) is 38.0 Å². The minimum atomic E-state index is -1.80. The lowest BCUT2D eigenvalue weighted by Gasteiger charge is -2.39. The van der Waals surface area contributed by atoms with Gasteiger partial charge in [-0.2, -0.15) is 5.10 Å². The van der Waals surface area contributed by atoms with Crippen LogP contribution in [-0.2, 0) is 16.9 Å². The Hall–Kier alpha value is -2.98. The average Bonchev–Trinajstić information content (AvgIpc) is 3.27. The van der Waals surface area contributed by atoms with E-state index in [1.807, 2.05) is 4.90 Å². The molecule has 3 aromatic rings. The number of rotatable bonds is 7. The van der Waals surface area contributed by atoms with E-state index in [-0.39, 0.29) is 24.0 Å². The Morgan fingerprint density at radius 1 is 1.16 bits per heavy atom. The fourth-order valence-electron chi connectivity index (χ4n) is 4.01. The zero-order valence-electron chi connectivity index (χ0n) is 17.5. The molecule has 0 bridgehead atoms. The molecule has 4 rings (SSSR count). The van der Waals surface area contributed by atoms with Gasteiger partial charge in [0.05, 0.1) is 24.9 Å². The van der Waals surface area contributed by atoms with E-state index >= 15 is 0 Å². The Bertz CT molecular complexity index is 1030. The molecule has 1 aromatic carbocycles. The molecule has 3 heterocycles. The molecule has 1 N–H and O–H groups in total. The van der Waals surface area contributed by atoms with Crippen LogP contribution in [0.15, 0.2) is 49.2 Å². The van der Waals surface area contributed by atoms with Gasteiger partial charge in [0.2, 0.25) is 0 Å². The first kappa shape index (κ1) is 22.2. The topological polar surface area (TPSA) is 76.3 Å². The fourth-order valence-corrected chi connectivity index (χ4v) is 4.01. The molecule has 170 valence electrons. The lowest BCUT2D eigenvalue weighted by atomic mass is 9.87. The second kappa shape index (κ2) is 9.25. The lowest BCUT2D eigenvalue weighted by molar-refractivity contribution is -0.145. The molecule has 2 atom stereocenters. The number of piperidine rings is 1. The van der Waals surface area contributed by atoms with Gasteiger partial charge in [-0.15, -0.1) is 0 Å². The number of halogens is 3. The zero-order chi connectivity index (χ0) is 22.7. The summed E-state index contributed by atoms with van der Waals surface area (Å²) in [6, 6.07) is 6.07. The number of aliphatic hydroxyl groups is 1. The van der Waals surface area contributed by atoms with E-state index < -0.39 is 23.3 Å². The largest absolute Gasteiger partial charge is 0.380 e. The average molecular weight is 447 g/mol. The van der Waals surface area contributed by atoms with Crippen LogP contribution in [0.1, 0.15) is 25.3 Å².